The molecule has 11 heteroatoms. The molecule has 0 N–H and O–H groups in total. The van der Waals surface area contributed by atoms with Crippen LogP contribution in [0.25, 0.3) is 0 Å². The van der Waals surface area contributed by atoms with Crippen LogP contribution in [0.4, 0.5) is 4.39 Å². The molecule has 0 saturated carbocycles. The third-order valence-electron chi connectivity index (χ3n) is 4.48. The van der Waals surface area contributed by atoms with Crippen molar-refractivity contribution in [2.45, 2.75) is 70.0 Å². The molecule has 34 heavy (non-hydrogen) atoms. The number of hydrogen-bond donors (Lipinski definition) is 0. The number of halogens is 2. The van der Waals surface area contributed by atoms with Crippen LogP contribution in [-0.4, -0.2) is 42.9 Å². The molecule has 2 rings (SSSR count). The molecule has 0 aliphatic rings. The van der Waals surface area contributed by atoms with Gasteiger partial charge >= 0.3 is 5.97 Å². The van der Waals surface area contributed by atoms with Gasteiger partial charge in [0.2, 0.25) is 0 Å². The van der Waals surface area contributed by atoms with E-state index < -0.39 is 27.6 Å². The van der Waals surface area contributed by atoms with Gasteiger partial charge in [0.15, 0.2) is 5.16 Å². The number of nitrogens with zero attached hydrogens (tertiary/aromatic N) is 3. The molecule has 0 bridgehead atoms. The molecule has 0 saturated heterocycles. The zero-order valence-electron chi connectivity index (χ0n) is 20.1. The monoisotopic (exact) mass is 573 g/mol. The van der Waals surface area contributed by atoms with Crippen molar-refractivity contribution in [3.8, 4) is 0 Å². The zero-order chi connectivity index (χ0) is 25.6. The highest BCUT2D eigenvalue weighted by atomic mass is 79.9. The number of ether oxygens (including phenoxy) is 1. The minimum atomic E-state index is -1.52. The first-order valence-electron chi connectivity index (χ1n) is 10.6. The van der Waals surface area contributed by atoms with Crippen molar-refractivity contribution in [1.29, 1.82) is 0 Å². The number of benzene rings is 1. The van der Waals surface area contributed by atoms with E-state index in [4.69, 9.17) is 4.74 Å². The number of carbonyl (C=O) groups excluding carboxylic acids is 1. The molecule has 1 atom stereocenters. The highest BCUT2D eigenvalue weighted by Gasteiger charge is 2.28. The minimum absolute atomic E-state index is 0.234. The van der Waals surface area contributed by atoms with E-state index in [9.17, 15) is 18.5 Å². The van der Waals surface area contributed by atoms with Gasteiger partial charge in [0.25, 0.3) is 5.56 Å². The molecule has 1 unspecified atom stereocenters. The summed E-state index contributed by atoms with van der Waals surface area (Å²) >= 11 is 3.05. The first-order valence-corrected chi connectivity index (χ1v) is 13.7. The Hall–Kier alpha value is -1.69. The van der Waals surface area contributed by atoms with Gasteiger partial charge in [0, 0.05) is 12.0 Å². The number of carbonyl (C=O) groups is 1. The third-order valence-corrected chi connectivity index (χ3v) is 7.39. The molecule has 1 heterocycles. The molecule has 0 radical (unpaired) electrons. The topological polar surface area (TPSA) is 96.6 Å². The molecule has 7 nitrogen and oxygen atoms in total. The van der Waals surface area contributed by atoms with Gasteiger partial charge in [0.05, 0.1) is 17.5 Å². The number of aromatic nitrogens is 2. The summed E-state index contributed by atoms with van der Waals surface area (Å²) in [5.41, 5.74) is 1.26. The highest BCUT2D eigenvalue weighted by Crippen LogP contribution is 2.22. The van der Waals surface area contributed by atoms with E-state index in [2.05, 4.69) is 25.3 Å². The molecular weight excluding hydrogens is 545 g/mol. The first-order chi connectivity index (χ1) is 15.8. The molecule has 186 valence electrons. The summed E-state index contributed by atoms with van der Waals surface area (Å²) in [6.07, 6.45) is 2.12. The summed E-state index contributed by atoms with van der Waals surface area (Å²) in [5.74, 6) is -0.905. The second-order valence-electron chi connectivity index (χ2n) is 8.70. The molecule has 0 fully saturated rings. The van der Waals surface area contributed by atoms with Crippen LogP contribution in [-0.2, 0) is 33.9 Å². The van der Waals surface area contributed by atoms with Crippen molar-refractivity contribution in [2.75, 3.05) is 6.26 Å². The number of aryl methyl sites for hydroxylation is 1. The number of thioether (sulfide) groups is 1. The lowest BCUT2D eigenvalue weighted by Gasteiger charge is -2.19. The van der Waals surface area contributed by atoms with Crippen LogP contribution in [0.15, 0.2) is 43.1 Å². The first kappa shape index (κ1) is 28.5. The van der Waals surface area contributed by atoms with Gasteiger partial charge in [-0.25, -0.2) is 9.37 Å². The standard InChI is InChI=1S/C23H29BrFN3O4S2/c1-14(2)32-19(29)13-28-21(30)20(24)18(26-22(28)33-6)12-11-17(27-34(31)23(3,4)5)15-7-9-16(25)10-8-15/h7-10,14H,11-13H2,1-6H3. The van der Waals surface area contributed by atoms with E-state index in [-0.39, 0.29) is 22.9 Å². The number of hydrogen-bond acceptors (Lipinski definition) is 7. The fourth-order valence-electron chi connectivity index (χ4n) is 2.80. The average Bonchev–Trinajstić information content (AvgIpc) is 2.74. The summed E-state index contributed by atoms with van der Waals surface area (Å²) in [7, 11) is 0. The van der Waals surface area contributed by atoms with Crippen LogP contribution in [0.1, 0.15) is 52.3 Å². The Kier molecular flexibility index (Phi) is 10.3. The second-order valence-corrected chi connectivity index (χ2v) is 12.2. The zero-order valence-corrected chi connectivity index (χ0v) is 23.3. The van der Waals surface area contributed by atoms with Crippen LogP contribution < -0.4 is 5.56 Å². The van der Waals surface area contributed by atoms with Crippen molar-refractivity contribution >= 4 is 50.7 Å². The van der Waals surface area contributed by atoms with E-state index in [1.165, 1.54) is 28.5 Å². The largest absolute Gasteiger partial charge is 0.591 e. The fraction of sp³-hybridized carbons (Fsp3) is 0.478. The Morgan fingerprint density at radius 3 is 2.47 bits per heavy atom. The maximum atomic E-state index is 13.4. The molecule has 0 aliphatic heterocycles. The van der Waals surface area contributed by atoms with E-state index in [1.54, 1.807) is 32.2 Å². The molecule has 1 aromatic heterocycles. The van der Waals surface area contributed by atoms with Crippen LogP contribution >= 0.6 is 27.7 Å². The van der Waals surface area contributed by atoms with Crippen molar-refractivity contribution in [3.63, 3.8) is 0 Å². The Morgan fingerprint density at radius 2 is 1.94 bits per heavy atom. The van der Waals surface area contributed by atoms with Crippen molar-refractivity contribution in [1.82, 2.24) is 9.55 Å². The third kappa shape index (κ3) is 7.93. The Balaban J connectivity index is 2.38. The normalized spacial score (nSPS) is 13.3. The number of esters is 1. The van der Waals surface area contributed by atoms with Gasteiger partial charge in [-0.15, -0.1) is 0 Å². The van der Waals surface area contributed by atoms with Gasteiger partial charge in [-0.1, -0.05) is 28.3 Å². The smallest absolute Gasteiger partial charge is 0.326 e. The quantitative estimate of drug-likeness (QED) is 0.142. The van der Waals surface area contributed by atoms with E-state index in [0.29, 0.717) is 35.0 Å². The lowest BCUT2D eigenvalue weighted by atomic mass is 10.0. The van der Waals surface area contributed by atoms with Crippen molar-refractivity contribution in [2.24, 2.45) is 4.40 Å². The molecular formula is C23H29BrFN3O4S2. The molecule has 0 spiro atoms. The van der Waals surface area contributed by atoms with E-state index in [0.717, 1.165) is 0 Å². The average molecular weight is 575 g/mol. The lowest BCUT2D eigenvalue weighted by molar-refractivity contribution is -0.148. The summed E-state index contributed by atoms with van der Waals surface area (Å²) < 4.78 is 36.6. The van der Waals surface area contributed by atoms with Crippen LogP contribution in [0.3, 0.4) is 0 Å². The second kappa shape index (κ2) is 12.3. The van der Waals surface area contributed by atoms with Gasteiger partial charge in [-0.3, -0.25) is 14.2 Å². The summed E-state index contributed by atoms with van der Waals surface area (Å²) in [6, 6.07) is 5.81. The van der Waals surface area contributed by atoms with Crippen LogP contribution in [0.5, 0.6) is 0 Å². The highest BCUT2D eigenvalue weighted by molar-refractivity contribution is 9.10. The predicted octanol–water partition coefficient (Wildman–Crippen LogP) is 4.70. The Bertz CT molecular complexity index is 1100. The molecule has 1 aromatic carbocycles. The van der Waals surface area contributed by atoms with Gasteiger partial charge < -0.3 is 9.29 Å². The lowest BCUT2D eigenvalue weighted by Crippen LogP contribution is -2.30. The number of rotatable bonds is 9. The Morgan fingerprint density at radius 1 is 1.32 bits per heavy atom. The van der Waals surface area contributed by atoms with Gasteiger partial charge in [-0.05, 0) is 75.4 Å². The summed E-state index contributed by atoms with van der Waals surface area (Å²) in [6.45, 7) is 8.69. The summed E-state index contributed by atoms with van der Waals surface area (Å²) in [5, 5.41) is 0.377. The minimum Gasteiger partial charge on any atom is -0.591 e. The Labute approximate surface area is 215 Å². The SMILES string of the molecule is CSc1nc(CCC(=N[S+]([O-])C(C)(C)C)c2ccc(F)cc2)c(Br)c(=O)n1CC(=O)OC(C)C. The van der Waals surface area contributed by atoms with Gasteiger partial charge in [-0.2, -0.15) is 0 Å². The maximum absolute atomic E-state index is 13.4. The predicted molar refractivity (Wildman–Crippen MR) is 138 cm³/mol. The van der Waals surface area contributed by atoms with Gasteiger partial charge in [0.1, 0.15) is 32.9 Å². The van der Waals surface area contributed by atoms with Crippen molar-refractivity contribution < 1.29 is 18.5 Å². The summed E-state index contributed by atoms with van der Waals surface area (Å²) in [4.78, 5) is 29.7. The molecule has 2 aromatic rings. The van der Waals surface area contributed by atoms with E-state index in [1.807, 2.05) is 20.8 Å². The van der Waals surface area contributed by atoms with Crippen LogP contribution in [0, 0.1) is 5.82 Å². The maximum Gasteiger partial charge on any atom is 0.326 e. The van der Waals surface area contributed by atoms with Crippen LogP contribution in [0.2, 0.25) is 0 Å². The van der Waals surface area contributed by atoms with E-state index >= 15 is 0 Å². The molecule has 0 aliphatic carbocycles. The molecule has 0 amide bonds. The van der Waals surface area contributed by atoms with Crippen molar-refractivity contribution in [3.05, 3.63) is 56.2 Å². The fourth-order valence-corrected chi connectivity index (χ4v) is 4.54.